The fourth-order valence-corrected chi connectivity index (χ4v) is 2.18. The molecule has 0 aliphatic heterocycles. The van der Waals surface area contributed by atoms with Gasteiger partial charge in [-0.3, -0.25) is 0 Å². The molecule has 0 heterocycles. The van der Waals surface area contributed by atoms with Crippen LogP contribution < -0.4 is 5.32 Å². The summed E-state index contributed by atoms with van der Waals surface area (Å²) < 4.78 is 5.59. The molecule has 0 aromatic heterocycles. The van der Waals surface area contributed by atoms with Crippen LogP contribution in [0.4, 0.5) is 0 Å². The van der Waals surface area contributed by atoms with Crippen LogP contribution in [0.1, 0.15) is 44.9 Å². The maximum absolute atomic E-state index is 5.59. The van der Waals surface area contributed by atoms with Gasteiger partial charge in [-0.15, -0.1) is 0 Å². The number of hydrogen-bond donors (Lipinski definition) is 1. The lowest BCUT2D eigenvalue weighted by Gasteiger charge is -2.22. The van der Waals surface area contributed by atoms with Gasteiger partial charge in [-0.05, 0) is 31.6 Å². The molecule has 14 heavy (non-hydrogen) atoms. The van der Waals surface area contributed by atoms with Crippen molar-refractivity contribution in [2.75, 3.05) is 19.8 Å². The van der Waals surface area contributed by atoms with Crippen molar-refractivity contribution >= 4 is 0 Å². The van der Waals surface area contributed by atoms with Crippen molar-refractivity contribution in [2.45, 2.75) is 51.0 Å². The molecule has 0 aromatic rings. The van der Waals surface area contributed by atoms with E-state index in [2.05, 4.69) is 5.32 Å². The van der Waals surface area contributed by atoms with Gasteiger partial charge in [-0.25, -0.2) is 0 Å². The average molecular weight is 197 g/mol. The lowest BCUT2D eigenvalue weighted by Crippen LogP contribution is -2.33. The topological polar surface area (TPSA) is 21.3 Å². The molecule has 0 amide bonds. The molecule has 0 radical (unpaired) electrons. The van der Waals surface area contributed by atoms with Gasteiger partial charge < -0.3 is 10.1 Å². The van der Waals surface area contributed by atoms with Gasteiger partial charge >= 0.3 is 0 Å². The zero-order valence-electron chi connectivity index (χ0n) is 9.13. The highest BCUT2D eigenvalue weighted by molar-refractivity contribution is 4.73. The van der Waals surface area contributed by atoms with E-state index in [1.165, 1.54) is 44.9 Å². The third-order valence-electron chi connectivity index (χ3n) is 3.34. The summed E-state index contributed by atoms with van der Waals surface area (Å²) in [4.78, 5) is 0. The van der Waals surface area contributed by atoms with Crippen LogP contribution >= 0.6 is 0 Å². The van der Waals surface area contributed by atoms with Crippen LogP contribution in [0.2, 0.25) is 0 Å². The predicted molar refractivity (Wildman–Crippen MR) is 58.4 cm³/mol. The van der Waals surface area contributed by atoms with Gasteiger partial charge in [-0.1, -0.05) is 19.3 Å². The third kappa shape index (κ3) is 3.97. The molecule has 2 rings (SSSR count). The van der Waals surface area contributed by atoms with Crippen LogP contribution in [0, 0.1) is 5.92 Å². The van der Waals surface area contributed by atoms with Crippen molar-refractivity contribution in [3.05, 3.63) is 0 Å². The third-order valence-corrected chi connectivity index (χ3v) is 3.34. The molecule has 2 fully saturated rings. The minimum atomic E-state index is 0.785. The highest BCUT2D eigenvalue weighted by Crippen LogP contribution is 2.28. The molecule has 0 atom stereocenters. The Morgan fingerprint density at radius 1 is 1.00 bits per heavy atom. The Morgan fingerprint density at radius 2 is 1.79 bits per heavy atom. The van der Waals surface area contributed by atoms with Crippen molar-refractivity contribution in [3.8, 4) is 0 Å². The molecule has 2 nitrogen and oxygen atoms in total. The van der Waals surface area contributed by atoms with Crippen LogP contribution in [0.25, 0.3) is 0 Å². The van der Waals surface area contributed by atoms with Crippen molar-refractivity contribution in [1.29, 1.82) is 0 Å². The van der Waals surface area contributed by atoms with E-state index >= 15 is 0 Å². The van der Waals surface area contributed by atoms with Gasteiger partial charge in [0.15, 0.2) is 0 Å². The van der Waals surface area contributed by atoms with E-state index in [0.717, 1.165) is 31.7 Å². The summed E-state index contributed by atoms with van der Waals surface area (Å²) in [5.74, 6) is 0.907. The molecule has 82 valence electrons. The maximum atomic E-state index is 5.59. The van der Waals surface area contributed by atoms with E-state index in [4.69, 9.17) is 4.74 Å². The van der Waals surface area contributed by atoms with Gasteiger partial charge in [0, 0.05) is 19.2 Å². The van der Waals surface area contributed by atoms with Crippen LogP contribution in [0.3, 0.4) is 0 Å². The van der Waals surface area contributed by atoms with E-state index in [1.54, 1.807) is 0 Å². The van der Waals surface area contributed by atoms with Crippen LogP contribution in [-0.4, -0.2) is 25.8 Å². The van der Waals surface area contributed by atoms with Gasteiger partial charge in [0.1, 0.15) is 0 Å². The summed E-state index contributed by atoms with van der Waals surface area (Å²) in [6.45, 7) is 2.97. The summed E-state index contributed by atoms with van der Waals surface area (Å²) in [7, 11) is 0. The highest BCUT2D eigenvalue weighted by Gasteiger charge is 2.20. The van der Waals surface area contributed by atoms with Crippen molar-refractivity contribution in [1.82, 2.24) is 5.32 Å². The quantitative estimate of drug-likeness (QED) is 0.660. The second kappa shape index (κ2) is 5.72. The van der Waals surface area contributed by atoms with Gasteiger partial charge in [0.05, 0.1) is 6.61 Å². The summed E-state index contributed by atoms with van der Waals surface area (Å²) >= 11 is 0. The SMILES string of the molecule is C1CCC(NCCOCC2CC2)CC1. The summed E-state index contributed by atoms with van der Waals surface area (Å²) in [5.41, 5.74) is 0. The molecule has 1 N–H and O–H groups in total. The lowest BCUT2D eigenvalue weighted by atomic mass is 9.96. The molecule has 0 bridgehead atoms. The van der Waals surface area contributed by atoms with Crippen molar-refractivity contribution in [2.24, 2.45) is 5.92 Å². The second-order valence-corrected chi connectivity index (χ2v) is 4.81. The predicted octanol–water partition coefficient (Wildman–Crippen LogP) is 2.34. The van der Waals surface area contributed by atoms with Gasteiger partial charge in [0.2, 0.25) is 0 Å². The van der Waals surface area contributed by atoms with Crippen molar-refractivity contribution in [3.63, 3.8) is 0 Å². The van der Waals surface area contributed by atoms with E-state index in [-0.39, 0.29) is 0 Å². The minimum absolute atomic E-state index is 0.785. The Bertz CT molecular complexity index is 150. The summed E-state index contributed by atoms with van der Waals surface area (Å²) in [5, 5.41) is 3.59. The lowest BCUT2D eigenvalue weighted by molar-refractivity contribution is 0.123. The number of hydrogen-bond acceptors (Lipinski definition) is 2. The normalized spacial score (nSPS) is 24.0. The molecule has 0 spiro atoms. The molecule has 0 saturated heterocycles. The first-order chi connectivity index (χ1) is 6.95. The minimum Gasteiger partial charge on any atom is -0.380 e. The Morgan fingerprint density at radius 3 is 2.50 bits per heavy atom. The summed E-state index contributed by atoms with van der Waals surface area (Å²) in [6.07, 6.45) is 9.83. The van der Waals surface area contributed by atoms with E-state index in [1.807, 2.05) is 0 Å². The monoisotopic (exact) mass is 197 g/mol. The smallest absolute Gasteiger partial charge is 0.0591 e. The van der Waals surface area contributed by atoms with Gasteiger partial charge in [0.25, 0.3) is 0 Å². The molecular weight excluding hydrogens is 174 g/mol. The number of ether oxygens (including phenoxy) is 1. The Hall–Kier alpha value is -0.0800. The number of rotatable bonds is 6. The highest BCUT2D eigenvalue weighted by atomic mass is 16.5. The molecule has 2 saturated carbocycles. The Kier molecular flexibility index (Phi) is 4.26. The summed E-state index contributed by atoms with van der Waals surface area (Å²) in [6, 6.07) is 0.785. The van der Waals surface area contributed by atoms with Crippen LogP contribution in [0.15, 0.2) is 0 Å². The van der Waals surface area contributed by atoms with E-state index in [9.17, 15) is 0 Å². The second-order valence-electron chi connectivity index (χ2n) is 4.81. The zero-order chi connectivity index (χ0) is 9.64. The maximum Gasteiger partial charge on any atom is 0.0591 e. The first-order valence-corrected chi connectivity index (χ1v) is 6.26. The molecule has 2 aliphatic carbocycles. The molecular formula is C12H23NO. The van der Waals surface area contributed by atoms with E-state index in [0.29, 0.717) is 0 Å². The largest absolute Gasteiger partial charge is 0.380 e. The van der Waals surface area contributed by atoms with Crippen LogP contribution in [0.5, 0.6) is 0 Å². The molecule has 2 aliphatic rings. The molecule has 0 aromatic carbocycles. The Balaban J connectivity index is 1.41. The molecule has 0 unspecified atom stereocenters. The van der Waals surface area contributed by atoms with E-state index < -0.39 is 0 Å². The van der Waals surface area contributed by atoms with Crippen molar-refractivity contribution < 1.29 is 4.74 Å². The first-order valence-electron chi connectivity index (χ1n) is 6.26. The zero-order valence-corrected chi connectivity index (χ0v) is 9.13. The van der Waals surface area contributed by atoms with Gasteiger partial charge in [-0.2, -0.15) is 0 Å². The standard InChI is InChI=1S/C12H23NO/c1-2-4-12(5-3-1)13-8-9-14-10-11-6-7-11/h11-13H,1-10H2. The number of nitrogens with one attached hydrogen (secondary N) is 1. The fourth-order valence-electron chi connectivity index (χ4n) is 2.18. The average Bonchev–Trinajstić information content (AvgIpc) is 3.03. The Labute approximate surface area is 87.4 Å². The van der Waals surface area contributed by atoms with Crippen LogP contribution in [-0.2, 0) is 4.74 Å². The fraction of sp³-hybridized carbons (Fsp3) is 1.00. The first kappa shape index (κ1) is 10.4. The molecule has 2 heteroatoms.